The van der Waals surface area contributed by atoms with Crippen LogP contribution >= 0.6 is 11.3 Å². The van der Waals surface area contributed by atoms with Crippen molar-refractivity contribution in [2.24, 2.45) is 5.92 Å². The number of aliphatic carboxylic acids is 1. The van der Waals surface area contributed by atoms with E-state index in [2.05, 4.69) is 15.3 Å². The van der Waals surface area contributed by atoms with Crippen LogP contribution in [0.5, 0.6) is 0 Å². The molecule has 3 heterocycles. The van der Waals surface area contributed by atoms with Crippen molar-refractivity contribution in [1.82, 2.24) is 9.88 Å². The van der Waals surface area contributed by atoms with Gasteiger partial charge in [0.15, 0.2) is 0 Å². The third-order valence-electron chi connectivity index (χ3n) is 5.40. The zero-order valence-electron chi connectivity index (χ0n) is 16.4. The first-order valence-corrected chi connectivity index (χ1v) is 10.8. The lowest BCUT2D eigenvalue weighted by atomic mass is 9.99. The Kier molecular flexibility index (Phi) is 7.53. The first-order chi connectivity index (χ1) is 13.7. The maximum atomic E-state index is 10.6. The van der Waals surface area contributed by atoms with Crippen molar-refractivity contribution in [3.63, 3.8) is 0 Å². The molecule has 1 aromatic heterocycles. The van der Waals surface area contributed by atoms with Gasteiger partial charge < -0.3 is 14.6 Å². The predicted octanol–water partition coefficient (Wildman–Crippen LogP) is 3.63. The van der Waals surface area contributed by atoms with E-state index in [1.54, 1.807) is 11.3 Å². The van der Waals surface area contributed by atoms with E-state index in [0.29, 0.717) is 25.4 Å². The smallest absolute Gasteiger partial charge is 0.475 e. The number of thiazole rings is 1. The third-order valence-corrected chi connectivity index (χ3v) is 6.23. The van der Waals surface area contributed by atoms with Gasteiger partial charge in [0.25, 0.3) is 0 Å². The molecule has 164 valence electrons. The van der Waals surface area contributed by atoms with Gasteiger partial charge in [-0.15, -0.1) is 11.3 Å². The minimum Gasteiger partial charge on any atom is -0.475 e. The topological polar surface area (TPSA) is 71.9 Å². The number of hydrogen-bond donors (Lipinski definition) is 1. The molecule has 0 amide bonds. The highest BCUT2D eigenvalue weighted by Gasteiger charge is 2.41. The predicted molar refractivity (Wildman–Crippen MR) is 101 cm³/mol. The van der Waals surface area contributed by atoms with Crippen molar-refractivity contribution < 1.29 is 32.5 Å². The molecule has 29 heavy (non-hydrogen) atoms. The monoisotopic (exact) mass is 436 g/mol. The number of carbonyl (C=O) groups is 1. The summed E-state index contributed by atoms with van der Waals surface area (Å²) in [7, 11) is 0. The van der Waals surface area contributed by atoms with Crippen LogP contribution in [-0.2, 0) is 20.9 Å². The molecule has 6 nitrogen and oxygen atoms in total. The lowest BCUT2D eigenvalue weighted by Crippen LogP contribution is -2.44. The average molecular weight is 436 g/mol. The fraction of sp³-hybridized carbons (Fsp3) is 0.789. The molecule has 1 aromatic rings. The first-order valence-electron chi connectivity index (χ1n) is 9.90. The molecule has 3 atom stereocenters. The standard InChI is InChI=1S/C17H26N2O2S.C2HF3O2/c1-12-18-14(11-22-12)9-20-10-15-4-5-16-17(21-15)6-7-19(16)8-13-2-3-13;3-2(4,5)1(6)7/h11,13,15-17H,2-10H2,1H3;(H,6,7)/t15-,16-,17-;/m0./s1. The van der Waals surface area contributed by atoms with E-state index in [-0.39, 0.29) is 6.10 Å². The molecule has 0 radical (unpaired) electrons. The molecule has 0 spiro atoms. The molecule has 0 bridgehead atoms. The molecule has 1 N–H and O–H groups in total. The molecule has 0 unspecified atom stereocenters. The van der Waals surface area contributed by atoms with Crippen molar-refractivity contribution in [2.45, 2.75) is 70.1 Å². The Balaban J connectivity index is 0.000000298. The number of ether oxygens (including phenoxy) is 2. The summed E-state index contributed by atoms with van der Waals surface area (Å²) in [6, 6.07) is 0.679. The van der Waals surface area contributed by atoms with Gasteiger partial charge in [0.05, 0.1) is 36.1 Å². The minimum atomic E-state index is -5.08. The van der Waals surface area contributed by atoms with Crippen LogP contribution in [0.15, 0.2) is 5.38 Å². The Bertz CT molecular complexity index is 681. The molecule has 10 heteroatoms. The van der Waals surface area contributed by atoms with E-state index in [9.17, 15) is 13.2 Å². The van der Waals surface area contributed by atoms with Gasteiger partial charge in [-0.05, 0) is 44.9 Å². The zero-order valence-corrected chi connectivity index (χ0v) is 17.2. The summed E-state index contributed by atoms with van der Waals surface area (Å²) in [4.78, 5) is 16.0. The lowest BCUT2D eigenvalue weighted by Gasteiger charge is -2.36. The Hall–Kier alpha value is -1.23. The Morgan fingerprint density at radius 1 is 1.34 bits per heavy atom. The van der Waals surface area contributed by atoms with Gasteiger partial charge in [0.2, 0.25) is 0 Å². The van der Waals surface area contributed by atoms with Crippen LogP contribution in [0.25, 0.3) is 0 Å². The molecule has 1 aliphatic carbocycles. The van der Waals surface area contributed by atoms with Gasteiger partial charge in [0.1, 0.15) is 0 Å². The van der Waals surface area contributed by atoms with Gasteiger partial charge in [-0.25, -0.2) is 9.78 Å². The average Bonchev–Trinajstić information content (AvgIpc) is 3.24. The number of aromatic nitrogens is 1. The van der Waals surface area contributed by atoms with Crippen LogP contribution in [-0.4, -0.2) is 65.1 Å². The second-order valence-electron chi connectivity index (χ2n) is 7.84. The normalized spacial score (nSPS) is 27.2. The minimum absolute atomic E-state index is 0.279. The van der Waals surface area contributed by atoms with Gasteiger partial charge in [-0.1, -0.05) is 0 Å². The van der Waals surface area contributed by atoms with E-state index in [0.717, 1.165) is 23.0 Å². The molecule has 1 saturated carbocycles. The number of alkyl halides is 3. The van der Waals surface area contributed by atoms with Crippen molar-refractivity contribution in [3.05, 3.63) is 16.1 Å². The number of carboxylic acid groups (broad SMARTS) is 1. The summed E-state index contributed by atoms with van der Waals surface area (Å²) in [6.07, 6.45) is 2.16. The van der Waals surface area contributed by atoms with Crippen molar-refractivity contribution >= 4 is 17.3 Å². The van der Waals surface area contributed by atoms with Crippen LogP contribution in [0, 0.1) is 12.8 Å². The van der Waals surface area contributed by atoms with Crippen molar-refractivity contribution in [2.75, 3.05) is 19.7 Å². The van der Waals surface area contributed by atoms with Gasteiger partial charge >= 0.3 is 12.1 Å². The maximum Gasteiger partial charge on any atom is 0.490 e. The number of nitrogens with zero attached hydrogens (tertiary/aromatic N) is 2. The van der Waals surface area contributed by atoms with Crippen LogP contribution in [0.4, 0.5) is 13.2 Å². The van der Waals surface area contributed by atoms with Crippen LogP contribution in [0.3, 0.4) is 0 Å². The zero-order chi connectivity index (χ0) is 21.0. The van der Waals surface area contributed by atoms with E-state index >= 15 is 0 Å². The molecule has 2 aliphatic heterocycles. The largest absolute Gasteiger partial charge is 0.490 e. The fourth-order valence-electron chi connectivity index (χ4n) is 3.84. The number of aryl methyl sites for hydroxylation is 1. The van der Waals surface area contributed by atoms with Crippen LogP contribution in [0.2, 0.25) is 0 Å². The second-order valence-corrected chi connectivity index (χ2v) is 8.91. The summed E-state index contributed by atoms with van der Waals surface area (Å²) < 4.78 is 43.9. The molecule has 3 aliphatic rings. The fourth-order valence-corrected chi connectivity index (χ4v) is 4.43. The van der Waals surface area contributed by atoms with E-state index in [1.807, 2.05) is 6.92 Å². The number of fused-ring (bicyclic) bond motifs is 1. The summed E-state index contributed by atoms with van der Waals surface area (Å²) in [6.45, 7) is 5.91. The molecular weight excluding hydrogens is 409 g/mol. The van der Waals surface area contributed by atoms with Gasteiger partial charge in [-0.2, -0.15) is 13.2 Å². The maximum absolute atomic E-state index is 10.6. The SMILES string of the molecule is Cc1nc(COC[C@@H]2CC[C@H]3[C@H](CCN3CC3CC3)O2)cs1.O=C(O)C(F)(F)F. The lowest BCUT2D eigenvalue weighted by molar-refractivity contribution is -0.192. The molecule has 0 aromatic carbocycles. The van der Waals surface area contributed by atoms with Gasteiger partial charge in [0, 0.05) is 24.5 Å². The molecule has 3 fully saturated rings. The Morgan fingerprint density at radius 2 is 2.07 bits per heavy atom. The highest BCUT2D eigenvalue weighted by molar-refractivity contribution is 7.09. The summed E-state index contributed by atoms with van der Waals surface area (Å²) in [5.41, 5.74) is 1.05. The number of rotatable bonds is 6. The summed E-state index contributed by atoms with van der Waals surface area (Å²) in [5, 5.41) is 10.3. The third kappa shape index (κ3) is 6.91. The molecule has 4 rings (SSSR count). The number of likely N-dealkylation sites (tertiary alicyclic amines) is 1. The molecule has 2 saturated heterocycles. The van der Waals surface area contributed by atoms with Crippen LogP contribution < -0.4 is 0 Å². The van der Waals surface area contributed by atoms with E-state index in [1.165, 1.54) is 38.8 Å². The summed E-state index contributed by atoms with van der Waals surface area (Å²) in [5.74, 6) is -1.77. The van der Waals surface area contributed by atoms with Crippen LogP contribution in [0.1, 0.15) is 42.8 Å². The second kappa shape index (κ2) is 9.72. The number of halogens is 3. The number of carboxylic acids is 1. The highest BCUT2D eigenvalue weighted by atomic mass is 32.1. The summed E-state index contributed by atoms with van der Waals surface area (Å²) >= 11 is 1.69. The Labute approximate surface area is 172 Å². The van der Waals surface area contributed by atoms with Gasteiger partial charge in [-0.3, -0.25) is 4.90 Å². The quantitative estimate of drug-likeness (QED) is 0.734. The van der Waals surface area contributed by atoms with Crippen molar-refractivity contribution in [1.29, 1.82) is 0 Å². The van der Waals surface area contributed by atoms with Crippen molar-refractivity contribution in [3.8, 4) is 0 Å². The van der Waals surface area contributed by atoms with E-state index in [4.69, 9.17) is 19.4 Å². The molecular formula is C19H27F3N2O4S. The highest BCUT2D eigenvalue weighted by Crippen LogP contribution is 2.36. The first kappa shape index (κ1) is 22.5. The van der Waals surface area contributed by atoms with E-state index < -0.39 is 12.1 Å². The Morgan fingerprint density at radius 3 is 2.66 bits per heavy atom. The number of hydrogen-bond acceptors (Lipinski definition) is 6.